The first-order valence-electron chi connectivity index (χ1n) is 7.69. The van der Waals surface area contributed by atoms with Crippen LogP contribution in [0, 0.1) is 11.5 Å². The number of carbonyl (C=O) groups is 1. The third-order valence-electron chi connectivity index (χ3n) is 3.79. The van der Waals surface area contributed by atoms with E-state index in [1.54, 1.807) is 0 Å². The maximum Gasteiger partial charge on any atom is 0.222 e. The van der Waals surface area contributed by atoms with Crippen molar-refractivity contribution in [3.8, 4) is 6.19 Å². The van der Waals surface area contributed by atoms with Crippen molar-refractivity contribution in [2.24, 2.45) is 4.99 Å². The molecular formula is C16H20ClN5OS. The monoisotopic (exact) mass is 365 g/mol. The first-order chi connectivity index (χ1) is 11.6. The van der Waals surface area contributed by atoms with Crippen molar-refractivity contribution in [2.45, 2.75) is 13.3 Å². The fourth-order valence-electron chi connectivity index (χ4n) is 2.59. The number of amides is 1. The predicted octanol–water partition coefficient (Wildman–Crippen LogP) is 2.82. The first-order valence-corrected chi connectivity index (χ1v) is 9.30. The van der Waals surface area contributed by atoms with Crippen molar-refractivity contribution >= 4 is 45.8 Å². The van der Waals surface area contributed by atoms with Crippen LogP contribution in [0.5, 0.6) is 0 Å². The Morgan fingerprint density at radius 1 is 1.42 bits per heavy atom. The van der Waals surface area contributed by atoms with Gasteiger partial charge >= 0.3 is 0 Å². The van der Waals surface area contributed by atoms with E-state index in [0.717, 1.165) is 5.69 Å². The van der Waals surface area contributed by atoms with E-state index in [2.05, 4.69) is 15.2 Å². The lowest BCUT2D eigenvalue weighted by Crippen LogP contribution is -2.48. The third-order valence-corrected chi connectivity index (χ3v) is 4.68. The molecule has 2 rings (SSSR count). The van der Waals surface area contributed by atoms with Crippen molar-refractivity contribution in [1.82, 2.24) is 10.2 Å². The number of hydrogen-bond acceptors (Lipinski definition) is 5. The summed E-state index contributed by atoms with van der Waals surface area (Å²) in [7, 11) is 0. The number of amidine groups is 1. The number of aliphatic imine (C=N–C) groups is 1. The Bertz CT molecular complexity index is 665. The molecule has 8 heteroatoms. The number of nitrogens with zero attached hydrogens (tertiary/aromatic N) is 4. The maximum absolute atomic E-state index is 11.8. The van der Waals surface area contributed by atoms with Crippen molar-refractivity contribution in [2.75, 3.05) is 37.3 Å². The third kappa shape index (κ3) is 4.34. The largest absolute Gasteiger partial charge is 0.365 e. The van der Waals surface area contributed by atoms with Crippen LogP contribution in [0.15, 0.2) is 23.2 Å². The lowest BCUT2D eigenvalue weighted by atomic mass is 10.2. The van der Waals surface area contributed by atoms with Crippen LogP contribution in [0.3, 0.4) is 0 Å². The SMILES string of the molecule is CCC(=O)N1CCN(c2c(Cl)cccc2N=C(NC#N)SC)CC1. The molecule has 1 aliphatic heterocycles. The molecular weight excluding hydrogens is 346 g/mol. The van der Waals surface area contributed by atoms with E-state index in [1.165, 1.54) is 11.8 Å². The lowest BCUT2D eigenvalue weighted by molar-refractivity contribution is -0.131. The molecule has 1 aromatic rings. The van der Waals surface area contributed by atoms with E-state index in [4.69, 9.17) is 16.9 Å². The molecule has 0 spiro atoms. The van der Waals surface area contributed by atoms with Gasteiger partial charge in [0.25, 0.3) is 0 Å². The molecule has 0 aliphatic carbocycles. The molecule has 0 bridgehead atoms. The van der Waals surface area contributed by atoms with Crippen LogP contribution in [-0.4, -0.2) is 48.4 Å². The number of rotatable bonds is 3. The highest BCUT2D eigenvalue weighted by Gasteiger charge is 2.23. The zero-order chi connectivity index (χ0) is 17.5. The number of nitriles is 1. The quantitative estimate of drug-likeness (QED) is 0.386. The standard InChI is InChI=1S/C16H20ClN5OS/c1-3-14(23)21-7-9-22(10-8-21)15-12(17)5-4-6-13(15)20-16(24-2)19-11-18/h4-6H,3,7-10H2,1-2H3,(H,19,20). The minimum Gasteiger partial charge on any atom is -0.365 e. The molecule has 24 heavy (non-hydrogen) atoms. The normalized spacial score (nSPS) is 15.2. The number of thioether (sulfide) groups is 1. The molecule has 1 aromatic carbocycles. The van der Waals surface area contributed by atoms with E-state index in [1.807, 2.05) is 42.5 Å². The molecule has 0 radical (unpaired) electrons. The topological polar surface area (TPSA) is 71.7 Å². The Morgan fingerprint density at radius 3 is 2.71 bits per heavy atom. The van der Waals surface area contributed by atoms with Crippen molar-refractivity contribution < 1.29 is 4.79 Å². The smallest absolute Gasteiger partial charge is 0.222 e. The van der Waals surface area contributed by atoms with E-state index in [-0.39, 0.29) is 5.91 Å². The predicted molar refractivity (Wildman–Crippen MR) is 99.9 cm³/mol. The van der Waals surface area contributed by atoms with Crippen LogP contribution in [0.1, 0.15) is 13.3 Å². The van der Waals surface area contributed by atoms with Gasteiger partial charge in [0.2, 0.25) is 5.91 Å². The Morgan fingerprint density at radius 2 is 2.12 bits per heavy atom. The minimum absolute atomic E-state index is 0.176. The highest BCUT2D eigenvalue weighted by atomic mass is 35.5. The molecule has 128 valence electrons. The summed E-state index contributed by atoms with van der Waals surface area (Å²) in [5.74, 6) is 0.176. The van der Waals surface area contributed by atoms with Gasteiger partial charge < -0.3 is 9.80 Å². The highest BCUT2D eigenvalue weighted by Crippen LogP contribution is 2.36. The number of benzene rings is 1. The number of anilines is 1. The summed E-state index contributed by atoms with van der Waals surface area (Å²) in [6.07, 6.45) is 4.26. The van der Waals surface area contributed by atoms with Crippen LogP contribution < -0.4 is 10.2 Å². The van der Waals surface area contributed by atoms with E-state index < -0.39 is 0 Å². The van der Waals surface area contributed by atoms with Crippen molar-refractivity contribution in [3.05, 3.63) is 23.2 Å². The van der Waals surface area contributed by atoms with E-state index in [9.17, 15) is 4.79 Å². The fourth-order valence-corrected chi connectivity index (χ4v) is 3.22. The average molecular weight is 366 g/mol. The van der Waals surface area contributed by atoms with Crippen LogP contribution in [-0.2, 0) is 4.79 Å². The van der Waals surface area contributed by atoms with E-state index >= 15 is 0 Å². The van der Waals surface area contributed by atoms with Gasteiger partial charge in [0.1, 0.15) is 0 Å². The average Bonchev–Trinajstić information content (AvgIpc) is 2.61. The number of piperazine rings is 1. The Labute approximate surface area is 151 Å². The van der Waals surface area contributed by atoms with Gasteiger partial charge in [-0.2, -0.15) is 5.26 Å². The molecule has 1 heterocycles. The van der Waals surface area contributed by atoms with Crippen LogP contribution in [0.2, 0.25) is 5.02 Å². The van der Waals surface area contributed by atoms with Gasteiger partial charge in [-0.3, -0.25) is 10.1 Å². The van der Waals surface area contributed by atoms with Gasteiger partial charge in [-0.15, -0.1) is 0 Å². The Kier molecular flexibility index (Phi) is 6.76. The molecule has 0 aromatic heterocycles. The summed E-state index contributed by atoms with van der Waals surface area (Å²) in [6.45, 7) is 4.64. The van der Waals surface area contributed by atoms with Crippen LogP contribution in [0.25, 0.3) is 0 Å². The summed E-state index contributed by atoms with van der Waals surface area (Å²) >= 11 is 7.77. The molecule has 1 N–H and O–H groups in total. The molecule has 6 nitrogen and oxygen atoms in total. The van der Waals surface area contributed by atoms with Gasteiger partial charge in [-0.25, -0.2) is 4.99 Å². The molecule has 0 atom stereocenters. The van der Waals surface area contributed by atoms with E-state index in [0.29, 0.717) is 48.5 Å². The van der Waals surface area contributed by atoms with Crippen molar-refractivity contribution in [3.63, 3.8) is 0 Å². The van der Waals surface area contributed by atoms with Gasteiger partial charge in [0.05, 0.1) is 16.4 Å². The second kappa shape index (κ2) is 8.81. The number of halogens is 1. The molecule has 1 saturated heterocycles. The number of hydrogen-bond donors (Lipinski definition) is 1. The summed E-state index contributed by atoms with van der Waals surface area (Å²) in [6, 6.07) is 5.54. The Balaban J connectivity index is 2.25. The summed E-state index contributed by atoms with van der Waals surface area (Å²) < 4.78 is 0. The Hall–Kier alpha value is -1.91. The second-order valence-electron chi connectivity index (χ2n) is 5.19. The van der Waals surface area contributed by atoms with Gasteiger partial charge in [-0.1, -0.05) is 36.4 Å². The van der Waals surface area contributed by atoms with Gasteiger partial charge in [0.15, 0.2) is 11.4 Å². The second-order valence-corrected chi connectivity index (χ2v) is 6.39. The molecule has 1 fully saturated rings. The lowest BCUT2D eigenvalue weighted by Gasteiger charge is -2.36. The fraction of sp³-hybridized carbons (Fsp3) is 0.438. The van der Waals surface area contributed by atoms with Crippen molar-refractivity contribution in [1.29, 1.82) is 5.26 Å². The summed E-state index contributed by atoms with van der Waals surface area (Å²) in [4.78, 5) is 20.4. The number of nitrogens with one attached hydrogen (secondary N) is 1. The maximum atomic E-state index is 11.8. The minimum atomic E-state index is 0.176. The zero-order valence-electron chi connectivity index (χ0n) is 13.8. The molecule has 1 aliphatic rings. The van der Waals surface area contributed by atoms with Gasteiger partial charge in [-0.05, 0) is 18.4 Å². The zero-order valence-corrected chi connectivity index (χ0v) is 15.3. The number of para-hydroxylation sites is 1. The van der Waals surface area contributed by atoms with Crippen LogP contribution in [0.4, 0.5) is 11.4 Å². The summed E-state index contributed by atoms with van der Waals surface area (Å²) in [5.41, 5.74) is 1.55. The molecule has 1 amide bonds. The van der Waals surface area contributed by atoms with Crippen LogP contribution >= 0.6 is 23.4 Å². The highest BCUT2D eigenvalue weighted by molar-refractivity contribution is 8.13. The summed E-state index contributed by atoms with van der Waals surface area (Å²) in [5, 5.41) is 12.5. The van der Waals surface area contributed by atoms with Gasteiger partial charge in [0, 0.05) is 32.6 Å². The molecule has 0 saturated carbocycles. The number of carbonyl (C=O) groups excluding carboxylic acids is 1. The molecule has 0 unspecified atom stereocenters. The first kappa shape index (κ1) is 18.4.